The van der Waals surface area contributed by atoms with Crippen molar-refractivity contribution in [3.63, 3.8) is 0 Å². The Labute approximate surface area is 128 Å². The molecule has 0 saturated carbocycles. The Bertz CT molecular complexity index is 669. The molecule has 1 N–H and O–H groups in total. The lowest BCUT2D eigenvalue weighted by molar-refractivity contribution is -0.146. The number of rotatable bonds is 5. The van der Waals surface area contributed by atoms with Gasteiger partial charge >= 0.3 is 11.9 Å². The van der Waals surface area contributed by atoms with Crippen LogP contribution in [0.25, 0.3) is 10.9 Å². The molecular weight excluding hydrogens is 282 g/mol. The van der Waals surface area contributed by atoms with Crippen molar-refractivity contribution in [1.82, 2.24) is 4.98 Å². The summed E-state index contributed by atoms with van der Waals surface area (Å²) in [6.07, 6.45) is 2.62. The van der Waals surface area contributed by atoms with E-state index in [9.17, 15) is 9.59 Å². The van der Waals surface area contributed by atoms with Crippen LogP contribution in [0.2, 0.25) is 0 Å². The van der Waals surface area contributed by atoms with Crippen LogP contribution in [0.4, 0.5) is 0 Å². The van der Waals surface area contributed by atoms with Crippen LogP contribution in [-0.2, 0) is 19.1 Å². The van der Waals surface area contributed by atoms with E-state index in [1.165, 1.54) is 20.1 Å². The Morgan fingerprint density at radius 1 is 1.27 bits per heavy atom. The molecule has 0 saturated heterocycles. The van der Waals surface area contributed by atoms with Gasteiger partial charge in [-0.2, -0.15) is 0 Å². The topological polar surface area (TPSA) is 68.4 Å². The van der Waals surface area contributed by atoms with Crippen molar-refractivity contribution in [1.29, 1.82) is 0 Å². The first-order valence-electron chi connectivity index (χ1n) is 7.02. The van der Waals surface area contributed by atoms with Gasteiger partial charge in [-0.1, -0.05) is 24.3 Å². The van der Waals surface area contributed by atoms with Crippen molar-refractivity contribution in [2.75, 3.05) is 7.11 Å². The highest BCUT2D eigenvalue weighted by Crippen LogP contribution is 2.26. The molecule has 0 bridgehead atoms. The molecule has 2 rings (SSSR count). The van der Waals surface area contributed by atoms with E-state index in [0.717, 1.165) is 16.6 Å². The fourth-order valence-electron chi connectivity index (χ4n) is 2.37. The molecule has 5 heteroatoms. The van der Waals surface area contributed by atoms with E-state index in [2.05, 4.69) is 9.72 Å². The number of aromatic amines is 1. The Hall–Kier alpha value is -2.56. The van der Waals surface area contributed by atoms with Gasteiger partial charge in [0.1, 0.15) is 6.10 Å². The molecule has 2 aromatic rings. The van der Waals surface area contributed by atoms with Gasteiger partial charge in [0.2, 0.25) is 0 Å². The average molecular weight is 301 g/mol. The number of para-hydroxylation sites is 1. The molecule has 1 aromatic carbocycles. The van der Waals surface area contributed by atoms with Crippen molar-refractivity contribution >= 4 is 22.8 Å². The van der Waals surface area contributed by atoms with Crippen LogP contribution in [0.3, 0.4) is 0 Å². The minimum Gasteiger partial charge on any atom is -0.466 e. The van der Waals surface area contributed by atoms with E-state index < -0.39 is 12.1 Å². The summed E-state index contributed by atoms with van der Waals surface area (Å²) in [5.74, 6) is -1.08. The van der Waals surface area contributed by atoms with Crippen molar-refractivity contribution in [3.05, 3.63) is 48.2 Å². The van der Waals surface area contributed by atoms with E-state index in [1.807, 2.05) is 30.3 Å². The zero-order valence-corrected chi connectivity index (χ0v) is 12.8. The van der Waals surface area contributed by atoms with Gasteiger partial charge in [-0.3, -0.25) is 4.79 Å². The van der Waals surface area contributed by atoms with Crippen LogP contribution >= 0.6 is 0 Å². The standard InChI is InChI=1S/C17H19NO4/c1-11(22-12(2)19)14(8-9-17(20)21-3)16-10-13-6-4-5-7-15(13)18-16/h4-11,14,18H,1-3H3/b9-8+/t11-,14+/m0/s1. The summed E-state index contributed by atoms with van der Waals surface area (Å²) in [4.78, 5) is 25.8. The maximum Gasteiger partial charge on any atom is 0.330 e. The van der Waals surface area contributed by atoms with Crippen molar-refractivity contribution < 1.29 is 19.1 Å². The summed E-state index contributed by atoms with van der Waals surface area (Å²) in [6.45, 7) is 3.15. The molecule has 0 aliphatic rings. The summed E-state index contributed by atoms with van der Waals surface area (Å²) in [5.41, 5.74) is 1.86. The summed E-state index contributed by atoms with van der Waals surface area (Å²) in [6, 6.07) is 9.84. The second kappa shape index (κ2) is 6.93. The second-order valence-corrected chi connectivity index (χ2v) is 5.03. The van der Waals surface area contributed by atoms with Crippen molar-refractivity contribution in [2.24, 2.45) is 0 Å². The van der Waals surface area contributed by atoms with Gasteiger partial charge in [0.15, 0.2) is 0 Å². The fraction of sp³-hybridized carbons (Fsp3) is 0.294. The predicted molar refractivity (Wildman–Crippen MR) is 83.4 cm³/mol. The zero-order chi connectivity index (χ0) is 16.1. The molecule has 1 aromatic heterocycles. The minimum atomic E-state index is -0.448. The molecule has 0 spiro atoms. The number of carbonyl (C=O) groups is 2. The fourth-order valence-corrected chi connectivity index (χ4v) is 2.37. The van der Waals surface area contributed by atoms with Gasteiger partial charge in [0.25, 0.3) is 0 Å². The number of hydrogen-bond donors (Lipinski definition) is 1. The smallest absolute Gasteiger partial charge is 0.330 e. The third-order valence-electron chi connectivity index (χ3n) is 3.41. The Morgan fingerprint density at radius 3 is 2.64 bits per heavy atom. The highest BCUT2D eigenvalue weighted by atomic mass is 16.5. The molecule has 0 unspecified atom stereocenters. The number of esters is 2. The Balaban J connectivity index is 2.35. The van der Waals surface area contributed by atoms with Gasteiger partial charge in [-0.05, 0) is 24.4 Å². The largest absolute Gasteiger partial charge is 0.466 e. The molecule has 0 fully saturated rings. The summed E-state index contributed by atoms with van der Waals surface area (Å²) in [7, 11) is 1.32. The average Bonchev–Trinajstić information content (AvgIpc) is 2.89. The van der Waals surface area contributed by atoms with Crippen molar-refractivity contribution in [2.45, 2.75) is 25.9 Å². The lowest BCUT2D eigenvalue weighted by atomic mass is 9.98. The van der Waals surface area contributed by atoms with Crippen LogP contribution in [0, 0.1) is 0 Å². The number of ether oxygens (including phenoxy) is 2. The van der Waals surface area contributed by atoms with Gasteiger partial charge < -0.3 is 14.5 Å². The van der Waals surface area contributed by atoms with Crippen LogP contribution in [0.1, 0.15) is 25.5 Å². The molecule has 2 atom stereocenters. The molecule has 0 amide bonds. The number of methoxy groups -OCH3 is 1. The van der Waals surface area contributed by atoms with Gasteiger partial charge in [0.05, 0.1) is 13.0 Å². The quantitative estimate of drug-likeness (QED) is 0.681. The molecule has 1 heterocycles. The number of fused-ring (bicyclic) bond motifs is 1. The van der Waals surface area contributed by atoms with E-state index in [1.54, 1.807) is 13.0 Å². The summed E-state index contributed by atoms with van der Waals surface area (Å²) >= 11 is 0. The number of H-pyrrole nitrogens is 1. The minimum absolute atomic E-state index is 0.268. The van der Waals surface area contributed by atoms with E-state index >= 15 is 0 Å². The van der Waals surface area contributed by atoms with Crippen molar-refractivity contribution in [3.8, 4) is 0 Å². The van der Waals surface area contributed by atoms with Gasteiger partial charge in [-0.25, -0.2) is 4.79 Å². The highest BCUT2D eigenvalue weighted by Gasteiger charge is 2.21. The first-order valence-corrected chi connectivity index (χ1v) is 7.02. The molecular formula is C17H19NO4. The van der Waals surface area contributed by atoms with Crippen LogP contribution in [0.5, 0.6) is 0 Å². The predicted octanol–water partition coefficient (Wildman–Crippen LogP) is 2.93. The molecule has 22 heavy (non-hydrogen) atoms. The lowest BCUT2D eigenvalue weighted by Crippen LogP contribution is -2.20. The zero-order valence-electron chi connectivity index (χ0n) is 12.8. The number of hydrogen-bond acceptors (Lipinski definition) is 4. The third-order valence-corrected chi connectivity index (χ3v) is 3.41. The second-order valence-electron chi connectivity index (χ2n) is 5.03. The Kier molecular flexibility index (Phi) is 4.99. The maximum absolute atomic E-state index is 11.3. The molecule has 0 aliphatic heterocycles. The number of aromatic nitrogens is 1. The van der Waals surface area contributed by atoms with Crippen LogP contribution in [-0.4, -0.2) is 30.1 Å². The normalized spacial score (nSPS) is 14.0. The SMILES string of the molecule is COC(=O)/C=C/[C@@H](c1cc2ccccc2[nH]1)[C@H](C)OC(C)=O. The molecule has 0 radical (unpaired) electrons. The van der Waals surface area contributed by atoms with E-state index in [4.69, 9.17) is 4.74 Å². The molecule has 0 aliphatic carbocycles. The number of carbonyl (C=O) groups excluding carboxylic acids is 2. The Morgan fingerprint density at radius 2 is 2.00 bits per heavy atom. The number of benzene rings is 1. The monoisotopic (exact) mass is 301 g/mol. The number of nitrogens with one attached hydrogen (secondary N) is 1. The maximum atomic E-state index is 11.3. The third kappa shape index (κ3) is 3.75. The molecule has 5 nitrogen and oxygen atoms in total. The van der Waals surface area contributed by atoms with Crippen LogP contribution in [0.15, 0.2) is 42.5 Å². The lowest BCUT2D eigenvalue weighted by Gasteiger charge is -2.19. The van der Waals surface area contributed by atoms with Crippen LogP contribution < -0.4 is 0 Å². The van der Waals surface area contributed by atoms with Gasteiger partial charge in [0, 0.05) is 24.2 Å². The first kappa shape index (κ1) is 15.8. The molecule has 116 valence electrons. The van der Waals surface area contributed by atoms with E-state index in [0.29, 0.717) is 0 Å². The first-order chi connectivity index (χ1) is 10.5. The van der Waals surface area contributed by atoms with Gasteiger partial charge in [-0.15, -0.1) is 0 Å². The highest BCUT2D eigenvalue weighted by molar-refractivity contribution is 5.82. The van der Waals surface area contributed by atoms with E-state index in [-0.39, 0.29) is 11.9 Å². The summed E-state index contributed by atoms with van der Waals surface area (Å²) in [5, 5.41) is 1.06. The summed E-state index contributed by atoms with van der Waals surface area (Å²) < 4.78 is 9.88.